The summed E-state index contributed by atoms with van der Waals surface area (Å²) in [5, 5.41) is 13.4. The fourth-order valence-electron chi connectivity index (χ4n) is 8.37. The molecule has 0 aliphatic carbocycles. The number of hydrogen-bond acceptors (Lipinski definition) is 15. The molecular formula is C52H60F4N8O10S. The lowest BCUT2D eigenvalue weighted by atomic mass is 10.0. The van der Waals surface area contributed by atoms with Gasteiger partial charge in [0.15, 0.2) is 16.4 Å². The molecule has 0 unspecified atom stereocenters. The number of piperidine rings is 1. The van der Waals surface area contributed by atoms with Crippen LogP contribution < -0.4 is 31.0 Å². The fraction of sp³-hybridized carbons (Fsp3) is 0.423. The van der Waals surface area contributed by atoms with E-state index in [9.17, 15) is 35.6 Å². The second-order valence-electron chi connectivity index (χ2n) is 17.7. The number of aromatic nitrogens is 4. The highest BCUT2D eigenvalue weighted by Crippen LogP contribution is 2.33. The molecule has 1 aliphatic heterocycles. The summed E-state index contributed by atoms with van der Waals surface area (Å²) in [7, 11) is -0.562. The van der Waals surface area contributed by atoms with Crippen LogP contribution in [-0.4, -0.2) is 149 Å². The number of halogens is 4. The van der Waals surface area contributed by atoms with Gasteiger partial charge in [0.05, 0.1) is 99.1 Å². The summed E-state index contributed by atoms with van der Waals surface area (Å²) in [4.78, 5) is 31.1. The number of nitrogens with zero attached hydrogens (tertiary/aromatic N) is 5. The SMILES string of the molecule is COc1cc(S(=O)(=O)CCOCCOCCOCCNC(=O)COc2cc(Cn3cc(-c4c(C)noc4C)ccc3=O)ccn2)ccc1NCC#Cc1cc2c(N[C@@H]3CCN(C)C[C@@H]3F)cccc2n1CC(F)(F)F. The smallest absolute Gasteiger partial charge is 0.406 e. The van der Waals surface area contributed by atoms with Crippen LogP contribution >= 0.6 is 0 Å². The number of benzene rings is 2. The summed E-state index contributed by atoms with van der Waals surface area (Å²) in [5.74, 6) is 6.11. The number of ether oxygens (including phenoxy) is 5. The highest BCUT2D eigenvalue weighted by Gasteiger charge is 2.31. The molecule has 0 radical (unpaired) electrons. The number of carbonyl (C=O) groups excluding carboxylic acids is 1. The van der Waals surface area contributed by atoms with Gasteiger partial charge < -0.3 is 58.2 Å². The van der Waals surface area contributed by atoms with Crippen LogP contribution in [0.15, 0.2) is 93.3 Å². The number of rotatable bonds is 25. The summed E-state index contributed by atoms with van der Waals surface area (Å²) in [6, 6.07) is 16.9. The first-order valence-electron chi connectivity index (χ1n) is 24.1. The Bertz CT molecular complexity index is 3110. The van der Waals surface area contributed by atoms with E-state index in [1.807, 2.05) is 25.8 Å². The first-order valence-corrected chi connectivity index (χ1v) is 25.8. The van der Waals surface area contributed by atoms with Gasteiger partial charge in [0, 0.05) is 72.4 Å². The van der Waals surface area contributed by atoms with E-state index in [0.717, 1.165) is 27.0 Å². The molecular weight excluding hydrogens is 1000 g/mol. The molecule has 1 saturated heterocycles. The molecule has 1 aliphatic rings. The lowest BCUT2D eigenvalue weighted by molar-refractivity contribution is -0.140. The molecule has 2 atom stereocenters. The number of pyridine rings is 2. The number of anilines is 2. The topological polar surface area (TPSA) is 203 Å². The molecule has 75 heavy (non-hydrogen) atoms. The zero-order chi connectivity index (χ0) is 53.5. The minimum absolute atomic E-state index is 0.00307. The Labute approximate surface area is 431 Å². The minimum atomic E-state index is -4.53. The maximum absolute atomic E-state index is 14.9. The van der Waals surface area contributed by atoms with Gasteiger partial charge in [-0.15, -0.1) is 0 Å². The largest absolute Gasteiger partial charge is 0.495 e. The molecule has 0 bridgehead atoms. The lowest BCUT2D eigenvalue weighted by Gasteiger charge is -2.33. The average Bonchev–Trinajstić information content (AvgIpc) is 3.91. The van der Waals surface area contributed by atoms with E-state index >= 15 is 0 Å². The molecule has 4 aromatic heterocycles. The maximum atomic E-state index is 14.9. The molecule has 7 rings (SSSR count). The van der Waals surface area contributed by atoms with Crippen LogP contribution in [0, 0.1) is 25.7 Å². The predicted molar refractivity (Wildman–Crippen MR) is 273 cm³/mol. The summed E-state index contributed by atoms with van der Waals surface area (Å²) < 4.78 is 118. The molecule has 0 saturated carbocycles. The number of alkyl halides is 4. The Morgan fingerprint density at radius 1 is 0.960 bits per heavy atom. The highest BCUT2D eigenvalue weighted by atomic mass is 32.2. The summed E-state index contributed by atoms with van der Waals surface area (Å²) in [5.41, 5.74) is 4.29. The van der Waals surface area contributed by atoms with Crippen LogP contribution in [0.5, 0.6) is 11.6 Å². The van der Waals surface area contributed by atoms with Crippen molar-refractivity contribution in [2.45, 2.75) is 56.6 Å². The zero-order valence-electron chi connectivity index (χ0n) is 42.0. The van der Waals surface area contributed by atoms with E-state index in [-0.39, 0.29) is 112 Å². The van der Waals surface area contributed by atoms with Gasteiger partial charge >= 0.3 is 6.18 Å². The maximum Gasteiger partial charge on any atom is 0.406 e. The zero-order valence-corrected chi connectivity index (χ0v) is 42.8. The molecule has 3 N–H and O–H groups in total. The third-order valence-electron chi connectivity index (χ3n) is 12.1. The van der Waals surface area contributed by atoms with Crippen molar-refractivity contribution in [3.8, 4) is 34.6 Å². The van der Waals surface area contributed by atoms with Gasteiger partial charge in [0.2, 0.25) is 5.88 Å². The molecule has 6 aromatic rings. The number of amides is 1. The van der Waals surface area contributed by atoms with Gasteiger partial charge in [0.25, 0.3) is 11.5 Å². The Morgan fingerprint density at radius 3 is 2.47 bits per heavy atom. The van der Waals surface area contributed by atoms with Crippen LogP contribution in [0.25, 0.3) is 22.0 Å². The molecule has 2 aromatic carbocycles. The van der Waals surface area contributed by atoms with Gasteiger partial charge in [-0.1, -0.05) is 17.1 Å². The van der Waals surface area contributed by atoms with Gasteiger partial charge in [-0.25, -0.2) is 17.8 Å². The van der Waals surface area contributed by atoms with Crippen molar-refractivity contribution >= 4 is 38.0 Å². The third kappa shape index (κ3) is 15.8. The second-order valence-corrected chi connectivity index (χ2v) is 19.8. The van der Waals surface area contributed by atoms with E-state index in [2.05, 4.69) is 37.9 Å². The Balaban J connectivity index is 0.768. The molecule has 5 heterocycles. The van der Waals surface area contributed by atoms with Gasteiger partial charge in [-0.3, -0.25) is 9.59 Å². The highest BCUT2D eigenvalue weighted by molar-refractivity contribution is 7.91. The normalized spacial score (nSPS) is 15.1. The van der Waals surface area contributed by atoms with Crippen molar-refractivity contribution in [3.63, 3.8) is 0 Å². The minimum Gasteiger partial charge on any atom is -0.495 e. The second kappa shape index (κ2) is 26.0. The summed E-state index contributed by atoms with van der Waals surface area (Å²) in [6.45, 7) is 4.46. The molecule has 1 fully saturated rings. The number of nitrogens with one attached hydrogen (secondary N) is 3. The van der Waals surface area contributed by atoms with Crippen LogP contribution in [0.4, 0.5) is 28.9 Å². The number of carbonyl (C=O) groups is 1. The lowest BCUT2D eigenvalue weighted by Crippen LogP contribution is -2.46. The average molecular weight is 1070 g/mol. The number of fused-ring (bicyclic) bond motifs is 1. The molecule has 0 spiro atoms. The van der Waals surface area contributed by atoms with Crippen LogP contribution in [0.2, 0.25) is 0 Å². The number of methoxy groups -OCH3 is 1. The van der Waals surface area contributed by atoms with Crippen molar-refractivity contribution < 1.29 is 59.0 Å². The monoisotopic (exact) mass is 1060 g/mol. The quantitative estimate of drug-likeness (QED) is 0.0341. The standard InChI is InChI=1S/C52H60F4N8O10S/c1-35-51(36(2)74-61-35)38-10-13-50(66)63(31-38)30-37-14-17-59-49(27-37)73-33-48(65)58-18-20-70-21-22-71-23-24-72-25-26-75(67,68)40-11-12-45(47(29-40)69-4)57-16-6-7-39-28-41-43(60-44-15-19-62(3)32-42(44)53)8-5-9-46(41)64(39)34-52(54,55)56/h5,8-14,17,27-29,31,42,44,57,60H,15-16,18-26,30,32-34H2,1-4H3,(H,58,65)/t42-,44+/m0/s1. The Hall–Kier alpha value is -6.97. The van der Waals surface area contributed by atoms with Gasteiger partial charge in [-0.2, -0.15) is 13.2 Å². The predicted octanol–water partition coefficient (Wildman–Crippen LogP) is 6.03. The van der Waals surface area contributed by atoms with Crippen molar-refractivity contribution in [1.82, 2.24) is 29.5 Å². The fourth-order valence-corrected chi connectivity index (χ4v) is 9.51. The van der Waals surface area contributed by atoms with Crippen LogP contribution in [-0.2, 0) is 41.9 Å². The molecule has 1 amide bonds. The van der Waals surface area contributed by atoms with E-state index in [1.54, 1.807) is 53.2 Å². The number of hydrogen-bond donors (Lipinski definition) is 3. The van der Waals surface area contributed by atoms with E-state index < -0.39 is 34.8 Å². The van der Waals surface area contributed by atoms with Gasteiger partial charge in [0.1, 0.15) is 24.2 Å². The molecule has 402 valence electrons. The molecule has 23 heteroatoms. The summed E-state index contributed by atoms with van der Waals surface area (Å²) in [6.07, 6.45) is -1.85. The van der Waals surface area contributed by atoms with E-state index in [0.29, 0.717) is 41.0 Å². The van der Waals surface area contributed by atoms with Crippen molar-refractivity contribution in [2.75, 3.05) is 103 Å². The van der Waals surface area contributed by atoms with Crippen molar-refractivity contribution in [2.24, 2.45) is 0 Å². The van der Waals surface area contributed by atoms with E-state index in [1.165, 1.54) is 37.6 Å². The number of aryl methyl sites for hydroxylation is 2. The van der Waals surface area contributed by atoms with Crippen molar-refractivity contribution in [1.29, 1.82) is 0 Å². The first kappa shape index (κ1) is 55.8. The van der Waals surface area contributed by atoms with Gasteiger partial charge in [-0.05, 0) is 81.3 Å². The van der Waals surface area contributed by atoms with E-state index in [4.69, 9.17) is 28.2 Å². The summed E-state index contributed by atoms with van der Waals surface area (Å²) >= 11 is 0. The number of likely N-dealkylation sites (tertiary alicyclic amines) is 1. The first-order chi connectivity index (χ1) is 36.0. The van der Waals surface area contributed by atoms with Crippen LogP contribution in [0.3, 0.4) is 0 Å². The Kier molecular flexibility index (Phi) is 19.3. The number of sulfone groups is 1. The van der Waals surface area contributed by atoms with Crippen molar-refractivity contribution in [3.05, 3.63) is 112 Å². The third-order valence-corrected chi connectivity index (χ3v) is 13.8. The Morgan fingerprint density at radius 2 is 1.73 bits per heavy atom. The molecule has 18 nitrogen and oxygen atoms in total. The van der Waals surface area contributed by atoms with Crippen LogP contribution in [0.1, 0.15) is 29.1 Å².